The van der Waals surface area contributed by atoms with Gasteiger partial charge in [-0.1, -0.05) is 17.4 Å². The van der Waals surface area contributed by atoms with Gasteiger partial charge in [-0.3, -0.25) is 4.79 Å². The Kier molecular flexibility index (Phi) is 8.15. The van der Waals surface area contributed by atoms with Gasteiger partial charge in [-0.05, 0) is 44.1 Å². The zero-order chi connectivity index (χ0) is 16.8. The van der Waals surface area contributed by atoms with E-state index in [1.807, 2.05) is 26.0 Å². The monoisotopic (exact) mass is 411 g/mol. The van der Waals surface area contributed by atoms with Crippen LogP contribution in [0.2, 0.25) is 0 Å². The van der Waals surface area contributed by atoms with Crippen LogP contribution in [0.4, 0.5) is 0 Å². The van der Waals surface area contributed by atoms with Crippen molar-refractivity contribution in [3.63, 3.8) is 0 Å². The minimum Gasteiger partial charge on any atom is -1.00 e. The fraction of sp³-hybridized carbons (Fsp3) is 0.333. The first kappa shape index (κ1) is 20.4. The molecule has 0 radical (unpaired) electrons. The van der Waals surface area contributed by atoms with Gasteiger partial charge in [0.2, 0.25) is 5.52 Å². The lowest BCUT2D eigenvalue weighted by Crippen LogP contribution is -3.00. The number of aliphatic carboxylic acids is 1. The Morgan fingerprint density at radius 1 is 1.42 bits per heavy atom. The van der Waals surface area contributed by atoms with Gasteiger partial charge >= 0.3 is 5.97 Å². The number of fused-ring (bicyclic) bond motifs is 1. The van der Waals surface area contributed by atoms with E-state index in [0.29, 0.717) is 13.2 Å². The first-order valence-corrected chi connectivity index (χ1v) is 8.44. The van der Waals surface area contributed by atoms with Crippen molar-refractivity contribution in [3.8, 4) is 0 Å². The largest absolute Gasteiger partial charge is 1.00 e. The van der Waals surface area contributed by atoms with E-state index in [4.69, 9.17) is 9.84 Å². The molecule has 0 aliphatic carbocycles. The third kappa shape index (κ3) is 5.46. The summed E-state index contributed by atoms with van der Waals surface area (Å²) in [5.74, 6) is -0.786. The number of nitrogens with zero attached hydrogens (tertiary/aromatic N) is 1. The van der Waals surface area contributed by atoms with Gasteiger partial charge in [-0.2, -0.15) is 4.57 Å². The van der Waals surface area contributed by atoms with Crippen molar-refractivity contribution in [2.24, 2.45) is 0 Å². The van der Waals surface area contributed by atoms with E-state index in [1.165, 1.54) is 10.3 Å². The Balaban J connectivity index is 0.00000288. The van der Waals surface area contributed by atoms with Gasteiger partial charge < -0.3 is 26.8 Å². The third-order valence-corrected chi connectivity index (χ3v) is 4.47. The second-order valence-corrected chi connectivity index (χ2v) is 6.42. The molecule has 1 N–H and O–H groups in total. The van der Waals surface area contributed by atoms with Crippen LogP contribution in [0.1, 0.15) is 30.8 Å². The molecule has 6 heteroatoms. The summed E-state index contributed by atoms with van der Waals surface area (Å²) in [5.41, 5.74) is 3.30. The zero-order valence-electron chi connectivity index (χ0n) is 14.1. The van der Waals surface area contributed by atoms with E-state index in [2.05, 4.69) is 29.7 Å². The molecule has 0 amide bonds. The molecule has 0 fully saturated rings. The average Bonchev–Trinajstić information content (AvgIpc) is 2.85. The van der Waals surface area contributed by atoms with Crippen molar-refractivity contribution < 1.29 is 36.2 Å². The molecule has 0 spiro atoms. The minimum absolute atomic E-state index is 0. The maximum atomic E-state index is 10.9. The molecule has 130 valence electrons. The molecule has 0 aliphatic rings. The molecule has 1 aromatic heterocycles. The number of thiazole rings is 1. The standard InChI is InChI=1S/C18H21NO3S.BrH/c1-4-22-12-14(3)6-8-17-19(10-9-18(20)21)15-7-5-13(2)11-16(15)23-17;/h5-8,11-12H,4,9-10H2,1-3H3;1H. The fourth-order valence-electron chi connectivity index (χ4n) is 2.23. The number of aromatic nitrogens is 1. The summed E-state index contributed by atoms with van der Waals surface area (Å²) in [6.45, 7) is 7.09. The molecular formula is C18H22BrNO3S. The number of aryl methyl sites for hydroxylation is 2. The zero-order valence-corrected chi connectivity index (χ0v) is 16.5. The van der Waals surface area contributed by atoms with Crippen LogP contribution in [0.15, 0.2) is 36.1 Å². The number of rotatable bonds is 7. The SMILES string of the molecule is CCOC=C(C)C=Cc1sc2cc(C)ccc2[n+]1CCC(=O)O.[Br-]. The van der Waals surface area contributed by atoms with Gasteiger partial charge in [0.05, 0.1) is 12.9 Å². The highest BCUT2D eigenvalue weighted by molar-refractivity contribution is 7.18. The van der Waals surface area contributed by atoms with Gasteiger partial charge in [0.25, 0.3) is 5.01 Å². The molecular weight excluding hydrogens is 390 g/mol. The van der Waals surface area contributed by atoms with Gasteiger partial charge in [0.1, 0.15) is 11.1 Å². The highest BCUT2D eigenvalue weighted by atomic mass is 79.9. The molecule has 2 rings (SSSR count). The summed E-state index contributed by atoms with van der Waals surface area (Å²) in [6.07, 6.45) is 5.85. The highest BCUT2D eigenvalue weighted by Gasteiger charge is 2.19. The Labute approximate surface area is 156 Å². The van der Waals surface area contributed by atoms with Crippen molar-refractivity contribution in [3.05, 3.63) is 46.7 Å². The molecule has 24 heavy (non-hydrogen) atoms. The lowest BCUT2D eigenvalue weighted by Gasteiger charge is -1.96. The predicted molar refractivity (Wildman–Crippen MR) is 93.4 cm³/mol. The van der Waals surface area contributed by atoms with Crippen molar-refractivity contribution in [1.82, 2.24) is 0 Å². The molecule has 1 heterocycles. The number of hydrogen-bond acceptors (Lipinski definition) is 3. The van der Waals surface area contributed by atoms with Crippen molar-refractivity contribution in [2.45, 2.75) is 33.7 Å². The predicted octanol–water partition coefficient (Wildman–Crippen LogP) is 0.929. The third-order valence-electron chi connectivity index (χ3n) is 3.36. The van der Waals surface area contributed by atoms with Gasteiger partial charge in [-0.25, -0.2) is 0 Å². The average molecular weight is 412 g/mol. The molecule has 2 aromatic rings. The number of ether oxygens (including phenoxy) is 1. The second kappa shape index (κ2) is 9.59. The van der Waals surface area contributed by atoms with Crippen LogP contribution in [0.25, 0.3) is 16.3 Å². The highest BCUT2D eigenvalue weighted by Crippen LogP contribution is 2.23. The minimum atomic E-state index is -0.786. The number of halogens is 1. The fourth-order valence-corrected chi connectivity index (χ4v) is 3.42. The maximum Gasteiger partial charge on any atom is 0.309 e. The van der Waals surface area contributed by atoms with Crippen molar-refractivity contribution >= 4 is 33.6 Å². The first-order valence-electron chi connectivity index (χ1n) is 7.62. The Morgan fingerprint density at radius 2 is 2.17 bits per heavy atom. The Bertz CT molecular complexity index is 765. The van der Waals surface area contributed by atoms with Crippen molar-refractivity contribution in [1.29, 1.82) is 0 Å². The van der Waals surface area contributed by atoms with E-state index in [0.717, 1.165) is 16.1 Å². The summed E-state index contributed by atoms with van der Waals surface area (Å²) in [5, 5.41) is 10.0. The molecule has 4 nitrogen and oxygen atoms in total. The van der Waals surface area contributed by atoms with Gasteiger partial charge in [0, 0.05) is 12.1 Å². The molecule has 0 aliphatic heterocycles. The van der Waals surface area contributed by atoms with E-state index in [1.54, 1.807) is 17.6 Å². The number of carboxylic acids is 1. The van der Waals surface area contributed by atoms with Gasteiger partial charge in [-0.15, -0.1) is 0 Å². The molecule has 0 saturated carbocycles. The van der Waals surface area contributed by atoms with Crippen LogP contribution in [-0.2, 0) is 16.1 Å². The smallest absolute Gasteiger partial charge is 0.309 e. The van der Waals surface area contributed by atoms with E-state index in [-0.39, 0.29) is 23.4 Å². The number of allylic oxidation sites excluding steroid dienone is 2. The summed E-state index contributed by atoms with van der Waals surface area (Å²) in [4.78, 5) is 10.9. The molecule has 0 atom stereocenters. The number of benzene rings is 1. The number of carboxylic acid groups (broad SMARTS) is 1. The Hall–Kier alpha value is -1.66. The lowest BCUT2D eigenvalue weighted by atomic mass is 10.2. The number of carbonyl (C=O) groups is 1. The van der Waals surface area contributed by atoms with Crippen LogP contribution >= 0.6 is 11.3 Å². The molecule has 0 bridgehead atoms. The Morgan fingerprint density at radius 3 is 2.83 bits per heavy atom. The van der Waals surface area contributed by atoms with E-state index >= 15 is 0 Å². The summed E-state index contributed by atoms with van der Waals surface area (Å²) >= 11 is 1.67. The topological polar surface area (TPSA) is 50.4 Å². The lowest BCUT2D eigenvalue weighted by molar-refractivity contribution is -0.667. The van der Waals surface area contributed by atoms with E-state index < -0.39 is 5.97 Å². The summed E-state index contributed by atoms with van der Waals surface area (Å²) in [6, 6.07) is 6.25. The van der Waals surface area contributed by atoms with Crippen LogP contribution in [0.3, 0.4) is 0 Å². The summed E-state index contributed by atoms with van der Waals surface area (Å²) < 4.78 is 8.51. The van der Waals surface area contributed by atoms with Crippen LogP contribution in [0.5, 0.6) is 0 Å². The van der Waals surface area contributed by atoms with Crippen LogP contribution in [0, 0.1) is 6.92 Å². The van der Waals surface area contributed by atoms with E-state index in [9.17, 15) is 4.79 Å². The quantitative estimate of drug-likeness (QED) is 0.418. The van der Waals surface area contributed by atoms with Crippen LogP contribution < -0.4 is 21.5 Å². The molecule has 0 saturated heterocycles. The number of hydrogen-bond donors (Lipinski definition) is 1. The van der Waals surface area contributed by atoms with Crippen molar-refractivity contribution in [2.75, 3.05) is 6.61 Å². The molecule has 0 unspecified atom stereocenters. The summed E-state index contributed by atoms with van der Waals surface area (Å²) in [7, 11) is 0. The van der Waals surface area contributed by atoms with Gasteiger partial charge in [0.15, 0.2) is 6.54 Å². The normalized spacial score (nSPS) is 11.7. The second-order valence-electron chi connectivity index (χ2n) is 5.36. The molecule has 1 aromatic carbocycles. The van der Waals surface area contributed by atoms with Crippen LogP contribution in [-0.4, -0.2) is 17.7 Å². The first-order chi connectivity index (χ1) is 11.0. The maximum absolute atomic E-state index is 10.9.